The lowest BCUT2D eigenvalue weighted by Crippen LogP contribution is -2.20. The Morgan fingerprint density at radius 2 is 2.05 bits per heavy atom. The van der Waals surface area contributed by atoms with Gasteiger partial charge in [0.2, 0.25) is 0 Å². The van der Waals surface area contributed by atoms with Crippen LogP contribution in [0.3, 0.4) is 0 Å². The van der Waals surface area contributed by atoms with Crippen LogP contribution in [0.25, 0.3) is 0 Å². The van der Waals surface area contributed by atoms with E-state index < -0.39 is 5.91 Å². The van der Waals surface area contributed by atoms with Crippen LogP contribution in [0.2, 0.25) is 0 Å². The van der Waals surface area contributed by atoms with Gasteiger partial charge in [0.25, 0.3) is 5.91 Å². The minimum atomic E-state index is -0.551. The molecule has 5 nitrogen and oxygen atoms in total. The van der Waals surface area contributed by atoms with E-state index >= 15 is 0 Å². The van der Waals surface area contributed by atoms with Gasteiger partial charge in [-0.25, -0.2) is 4.98 Å². The Morgan fingerprint density at radius 1 is 1.32 bits per heavy atom. The second-order valence-corrected chi connectivity index (χ2v) is 3.93. The highest BCUT2D eigenvalue weighted by Gasteiger charge is 2.16. The predicted molar refractivity (Wildman–Crippen MR) is 72.0 cm³/mol. The van der Waals surface area contributed by atoms with Gasteiger partial charge in [-0.2, -0.15) is 5.26 Å². The summed E-state index contributed by atoms with van der Waals surface area (Å²) in [4.78, 5) is 17.2. The second kappa shape index (κ2) is 5.19. The zero-order valence-corrected chi connectivity index (χ0v) is 10.4. The monoisotopic (exact) mass is 252 g/mol. The number of carbonyl (C=O) groups excluding carboxylic acids is 1. The van der Waals surface area contributed by atoms with E-state index in [4.69, 9.17) is 11.0 Å². The first-order valence-electron chi connectivity index (χ1n) is 5.63. The van der Waals surface area contributed by atoms with Crippen LogP contribution in [0.1, 0.15) is 15.9 Å². The van der Waals surface area contributed by atoms with E-state index in [2.05, 4.69) is 11.1 Å². The first-order valence-corrected chi connectivity index (χ1v) is 5.63. The van der Waals surface area contributed by atoms with Crippen molar-refractivity contribution in [2.75, 3.05) is 11.9 Å². The lowest BCUT2D eigenvalue weighted by Gasteiger charge is -2.21. The maximum atomic E-state index is 11.4. The molecule has 1 aromatic heterocycles. The van der Waals surface area contributed by atoms with Crippen molar-refractivity contribution >= 4 is 17.4 Å². The number of amides is 1. The summed E-state index contributed by atoms with van der Waals surface area (Å²) in [6.07, 6.45) is 1.58. The fourth-order valence-electron chi connectivity index (χ4n) is 1.83. The van der Waals surface area contributed by atoms with Crippen LogP contribution in [-0.4, -0.2) is 17.9 Å². The molecule has 0 fully saturated rings. The Kier molecular flexibility index (Phi) is 3.44. The molecule has 0 aliphatic rings. The standard InChI is InChI=1S/C14H12N4O/c1-18(12-7-3-2-5-10(12)9-15)14-11(13(16)19)6-4-8-17-14/h2-8H,1H3,(H2,16,19). The molecular weight excluding hydrogens is 240 g/mol. The van der Waals surface area contributed by atoms with Crippen molar-refractivity contribution in [2.45, 2.75) is 0 Å². The molecule has 0 radical (unpaired) electrons. The molecule has 2 N–H and O–H groups in total. The maximum absolute atomic E-state index is 11.4. The molecule has 1 aromatic carbocycles. The molecular formula is C14H12N4O. The quantitative estimate of drug-likeness (QED) is 0.903. The molecule has 2 rings (SSSR count). The minimum absolute atomic E-state index is 0.317. The van der Waals surface area contributed by atoms with Crippen LogP contribution < -0.4 is 10.6 Å². The predicted octanol–water partition coefficient (Wildman–Crippen LogP) is 1.82. The van der Waals surface area contributed by atoms with E-state index in [0.29, 0.717) is 22.6 Å². The summed E-state index contributed by atoms with van der Waals surface area (Å²) in [5.74, 6) is -0.123. The summed E-state index contributed by atoms with van der Waals surface area (Å²) in [6, 6.07) is 12.5. The highest BCUT2D eigenvalue weighted by molar-refractivity contribution is 5.98. The van der Waals surface area contributed by atoms with Gasteiger partial charge in [-0.05, 0) is 24.3 Å². The number of carbonyl (C=O) groups is 1. The lowest BCUT2D eigenvalue weighted by atomic mass is 10.1. The third-order valence-corrected chi connectivity index (χ3v) is 2.76. The smallest absolute Gasteiger partial charge is 0.252 e. The van der Waals surface area contributed by atoms with E-state index in [1.807, 2.05) is 6.07 Å². The largest absolute Gasteiger partial charge is 0.365 e. The molecule has 0 aliphatic carbocycles. The summed E-state index contributed by atoms with van der Waals surface area (Å²) >= 11 is 0. The molecule has 2 aromatic rings. The summed E-state index contributed by atoms with van der Waals surface area (Å²) in [5, 5.41) is 9.10. The van der Waals surface area contributed by atoms with Crippen molar-refractivity contribution in [1.29, 1.82) is 5.26 Å². The first-order chi connectivity index (χ1) is 9.15. The van der Waals surface area contributed by atoms with Gasteiger partial charge in [-0.3, -0.25) is 4.79 Å². The number of para-hydroxylation sites is 1. The van der Waals surface area contributed by atoms with Gasteiger partial charge in [0.1, 0.15) is 11.9 Å². The van der Waals surface area contributed by atoms with Crippen molar-refractivity contribution in [1.82, 2.24) is 4.98 Å². The number of nitriles is 1. The van der Waals surface area contributed by atoms with Crippen LogP contribution in [0, 0.1) is 11.3 Å². The molecule has 0 saturated heterocycles. The molecule has 0 unspecified atom stereocenters. The zero-order chi connectivity index (χ0) is 13.8. The number of hydrogen-bond acceptors (Lipinski definition) is 4. The molecule has 1 amide bonds. The maximum Gasteiger partial charge on any atom is 0.252 e. The summed E-state index contributed by atoms with van der Waals surface area (Å²) in [5.41, 5.74) is 6.83. The van der Waals surface area contributed by atoms with Gasteiger partial charge in [0.15, 0.2) is 0 Å². The Labute approximate surface area is 110 Å². The van der Waals surface area contributed by atoms with Gasteiger partial charge >= 0.3 is 0 Å². The van der Waals surface area contributed by atoms with Crippen molar-refractivity contribution in [3.8, 4) is 6.07 Å². The number of hydrogen-bond donors (Lipinski definition) is 1. The van der Waals surface area contributed by atoms with E-state index in [1.165, 1.54) is 0 Å². The number of anilines is 2. The van der Waals surface area contributed by atoms with Gasteiger partial charge < -0.3 is 10.6 Å². The number of nitrogens with two attached hydrogens (primary N) is 1. The van der Waals surface area contributed by atoms with E-state index in [0.717, 1.165) is 0 Å². The summed E-state index contributed by atoms with van der Waals surface area (Å²) < 4.78 is 0. The fourth-order valence-corrected chi connectivity index (χ4v) is 1.83. The number of benzene rings is 1. The van der Waals surface area contributed by atoms with E-state index in [9.17, 15) is 4.79 Å². The third kappa shape index (κ3) is 2.38. The fraction of sp³-hybridized carbons (Fsp3) is 0.0714. The first kappa shape index (κ1) is 12.6. The Balaban J connectivity index is 2.54. The average Bonchev–Trinajstić information content (AvgIpc) is 2.46. The molecule has 0 atom stereocenters. The summed E-state index contributed by atoms with van der Waals surface area (Å²) in [6.45, 7) is 0. The van der Waals surface area contributed by atoms with E-state index in [1.54, 1.807) is 48.5 Å². The van der Waals surface area contributed by atoms with Crippen LogP contribution in [0.4, 0.5) is 11.5 Å². The molecule has 0 spiro atoms. The number of nitrogens with zero attached hydrogens (tertiary/aromatic N) is 3. The van der Waals surface area contributed by atoms with Gasteiger partial charge in [0.05, 0.1) is 16.8 Å². The normalized spacial score (nSPS) is 9.68. The lowest BCUT2D eigenvalue weighted by molar-refractivity contribution is 0.100. The van der Waals surface area contributed by atoms with Crippen molar-refractivity contribution < 1.29 is 4.79 Å². The van der Waals surface area contributed by atoms with Gasteiger partial charge in [0, 0.05) is 13.2 Å². The second-order valence-electron chi connectivity index (χ2n) is 3.93. The Bertz CT molecular complexity index is 660. The molecule has 94 valence electrons. The van der Waals surface area contributed by atoms with Crippen LogP contribution in [-0.2, 0) is 0 Å². The Hall–Kier alpha value is -2.87. The minimum Gasteiger partial charge on any atom is -0.365 e. The number of pyridine rings is 1. The Morgan fingerprint density at radius 3 is 2.74 bits per heavy atom. The molecule has 1 heterocycles. The molecule has 5 heteroatoms. The van der Waals surface area contributed by atoms with Gasteiger partial charge in [-0.15, -0.1) is 0 Å². The van der Waals surface area contributed by atoms with Crippen molar-refractivity contribution in [3.63, 3.8) is 0 Å². The van der Waals surface area contributed by atoms with Crippen molar-refractivity contribution in [3.05, 3.63) is 53.7 Å². The van der Waals surface area contributed by atoms with Crippen LogP contribution in [0.15, 0.2) is 42.6 Å². The van der Waals surface area contributed by atoms with Crippen LogP contribution >= 0.6 is 0 Å². The molecule has 19 heavy (non-hydrogen) atoms. The topological polar surface area (TPSA) is 83.0 Å². The summed E-state index contributed by atoms with van der Waals surface area (Å²) in [7, 11) is 1.74. The van der Waals surface area contributed by atoms with Gasteiger partial charge in [-0.1, -0.05) is 12.1 Å². The number of aromatic nitrogens is 1. The zero-order valence-electron chi connectivity index (χ0n) is 10.4. The average molecular weight is 252 g/mol. The third-order valence-electron chi connectivity index (χ3n) is 2.76. The van der Waals surface area contributed by atoms with E-state index in [-0.39, 0.29) is 0 Å². The highest BCUT2D eigenvalue weighted by Crippen LogP contribution is 2.27. The number of rotatable bonds is 3. The SMILES string of the molecule is CN(c1ccccc1C#N)c1ncccc1C(N)=O. The van der Waals surface area contributed by atoms with Crippen molar-refractivity contribution in [2.24, 2.45) is 5.73 Å². The number of primary amides is 1. The molecule has 0 bridgehead atoms. The highest BCUT2D eigenvalue weighted by atomic mass is 16.1. The molecule has 0 saturated carbocycles. The van der Waals surface area contributed by atoms with Crippen LogP contribution in [0.5, 0.6) is 0 Å². The molecule has 0 aliphatic heterocycles.